The SMILES string of the molecule is CC(C)N(CC#N)C(=O)c1cc(F)ccc1Oc1cncnc1N1CC2(CCNCC2)C1. The Balaban J connectivity index is 1.59. The summed E-state index contributed by atoms with van der Waals surface area (Å²) in [7, 11) is 0. The lowest BCUT2D eigenvalue weighted by molar-refractivity contribution is 0.0728. The molecular formula is C23H27FN6O2. The van der Waals surface area contributed by atoms with E-state index >= 15 is 0 Å². The molecule has 0 radical (unpaired) electrons. The summed E-state index contributed by atoms with van der Waals surface area (Å²) < 4.78 is 20.1. The summed E-state index contributed by atoms with van der Waals surface area (Å²) in [5.41, 5.74) is 0.363. The Labute approximate surface area is 187 Å². The maximum Gasteiger partial charge on any atom is 0.258 e. The van der Waals surface area contributed by atoms with Crippen molar-refractivity contribution in [2.24, 2.45) is 5.41 Å². The van der Waals surface area contributed by atoms with Gasteiger partial charge in [-0.05, 0) is 58.0 Å². The lowest BCUT2D eigenvalue weighted by Gasteiger charge is -2.53. The number of amides is 1. The molecule has 2 aliphatic heterocycles. The van der Waals surface area contributed by atoms with E-state index < -0.39 is 11.7 Å². The van der Waals surface area contributed by atoms with Crippen molar-refractivity contribution in [1.29, 1.82) is 5.26 Å². The zero-order chi connectivity index (χ0) is 22.7. The summed E-state index contributed by atoms with van der Waals surface area (Å²) in [6, 6.07) is 5.57. The van der Waals surface area contributed by atoms with Gasteiger partial charge >= 0.3 is 0 Å². The van der Waals surface area contributed by atoms with Crippen molar-refractivity contribution in [1.82, 2.24) is 20.2 Å². The first-order valence-corrected chi connectivity index (χ1v) is 10.8. The number of carbonyl (C=O) groups excluding carboxylic acids is 1. The van der Waals surface area contributed by atoms with Crippen LogP contribution in [0.4, 0.5) is 10.2 Å². The minimum atomic E-state index is -0.554. The van der Waals surface area contributed by atoms with Crippen molar-refractivity contribution < 1.29 is 13.9 Å². The molecule has 0 unspecified atom stereocenters. The smallest absolute Gasteiger partial charge is 0.258 e. The molecule has 32 heavy (non-hydrogen) atoms. The fraction of sp³-hybridized carbons (Fsp3) is 0.478. The Bertz CT molecular complexity index is 1020. The number of anilines is 1. The van der Waals surface area contributed by atoms with Gasteiger partial charge < -0.3 is 19.9 Å². The normalized spacial score (nSPS) is 17.0. The molecule has 1 aromatic carbocycles. The fourth-order valence-corrected chi connectivity index (χ4v) is 4.40. The maximum atomic E-state index is 14.0. The number of benzene rings is 1. The zero-order valence-corrected chi connectivity index (χ0v) is 18.3. The number of rotatable bonds is 6. The molecule has 1 N–H and O–H groups in total. The van der Waals surface area contributed by atoms with Gasteiger partial charge in [0.05, 0.1) is 17.8 Å². The van der Waals surface area contributed by atoms with Crippen LogP contribution in [0.15, 0.2) is 30.7 Å². The molecule has 4 rings (SSSR count). The van der Waals surface area contributed by atoms with E-state index in [9.17, 15) is 9.18 Å². The van der Waals surface area contributed by atoms with E-state index in [4.69, 9.17) is 10.00 Å². The highest BCUT2D eigenvalue weighted by Gasteiger charge is 2.44. The van der Waals surface area contributed by atoms with Crippen molar-refractivity contribution in [2.45, 2.75) is 32.7 Å². The number of ether oxygens (including phenoxy) is 1. The van der Waals surface area contributed by atoms with E-state index in [-0.39, 0.29) is 23.9 Å². The first-order chi connectivity index (χ1) is 15.4. The van der Waals surface area contributed by atoms with E-state index in [0.717, 1.165) is 45.1 Å². The summed E-state index contributed by atoms with van der Waals surface area (Å²) in [5, 5.41) is 12.5. The van der Waals surface area contributed by atoms with Gasteiger partial charge in [0.1, 0.15) is 24.4 Å². The Morgan fingerprint density at radius 2 is 2.09 bits per heavy atom. The van der Waals surface area contributed by atoms with Gasteiger partial charge in [-0.3, -0.25) is 4.79 Å². The largest absolute Gasteiger partial charge is 0.451 e. The van der Waals surface area contributed by atoms with Crippen LogP contribution in [0.3, 0.4) is 0 Å². The van der Waals surface area contributed by atoms with Gasteiger partial charge in [-0.2, -0.15) is 5.26 Å². The topological polar surface area (TPSA) is 94.4 Å². The van der Waals surface area contributed by atoms with Crippen molar-refractivity contribution in [3.8, 4) is 17.6 Å². The number of nitriles is 1. The summed E-state index contributed by atoms with van der Waals surface area (Å²) >= 11 is 0. The molecule has 168 valence electrons. The second-order valence-corrected chi connectivity index (χ2v) is 8.74. The Kier molecular flexibility index (Phi) is 6.24. The molecule has 0 saturated carbocycles. The number of piperidine rings is 1. The average molecular weight is 439 g/mol. The van der Waals surface area contributed by atoms with Crippen LogP contribution < -0.4 is 15.0 Å². The maximum absolute atomic E-state index is 14.0. The molecule has 1 spiro atoms. The van der Waals surface area contributed by atoms with Gasteiger partial charge in [-0.25, -0.2) is 14.4 Å². The number of nitrogens with zero attached hydrogens (tertiary/aromatic N) is 5. The monoisotopic (exact) mass is 438 g/mol. The lowest BCUT2D eigenvalue weighted by atomic mass is 9.72. The van der Waals surface area contributed by atoms with Gasteiger partial charge in [0, 0.05) is 24.5 Å². The highest BCUT2D eigenvalue weighted by Crippen LogP contribution is 2.43. The van der Waals surface area contributed by atoms with E-state index in [0.29, 0.717) is 17.0 Å². The third kappa shape index (κ3) is 4.36. The average Bonchev–Trinajstić information content (AvgIpc) is 2.77. The molecule has 0 aliphatic carbocycles. The molecule has 2 saturated heterocycles. The summed E-state index contributed by atoms with van der Waals surface area (Å²) in [4.78, 5) is 25.1. The van der Waals surface area contributed by atoms with Crippen molar-refractivity contribution in [2.75, 3.05) is 37.6 Å². The molecule has 9 heteroatoms. The molecule has 1 amide bonds. The third-order valence-electron chi connectivity index (χ3n) is 6.19. The number of aromatic nitrogens is 2. The van der Waals surface area contributed by atoms with Crippen LogP contribution in [-0.4, -0.2) is 59.5 Å². The van der Waals surface area contributed by atoms with Crippen molar-refractivity contribution in [3.63, 3.8) is 0 Å². The number of halogens is 1. The first kappa shape index (κ1) is 22.0. The van der Waals surface area contributed by atoms with Crippen molar-refractivity contribution >= 4 is 11.7 Å². The second kappa shape index (κ2) is 9.09. The number of carbonyl (C=O) groups is 1. The molecule has 2 fully saturated rings. The lowest BCUT2D eigenvalue weighted by Crippen LogP contribution is -2.60. The summed E-state index contributed by atoms with van der Waals surface area (Å²) in [5.74, 6) is 0.250. The van der Waals surface area contributed by atoms with Crippen LogP contribution in [0, 0.1) is 22.6 Å². The second-order valence-electron chi connectivity index (χ2n) is 8.74. The first-order valence-electron chi connectivity index (χ1n) is 10.8. The number of hydrogen-bond acceptors (Lipinski definition) is 7. The molecule has 2 aliphatic rings. The molecule has 0 bridgehead atoms. The van der Waals surface area contributed by atoms with Gasteiger partial charge in [-0.15, -0.1) is 0 Å². The number of nitrogens with one attached hydrogen (secondary N) is 1. The molecule has 3 heterocycles. The molecule has 8 nitrogen and oxygen atoms in total. The van der Waals surface area contributed by atoms with Crippen LogP contribution in [0.5, 0.6) is 11.5 Å². The Morgan fingerprint density at radius 1 is 1.34 bits per heavy atom. The predicted octanol–water partition coefficient (Wildman–Crippen LogP) is 2.97. The van der Waals surface area contributed by atoms with Crippen LogP contribution in [0.25, 0.3) is 0 Å². The minimum Gasteiger partial charge on any atom is -0.451 e. The standard InChI is InChI=1S/C23H27FN6O2/c1-16(2)30(10-7-25)22(31)18-11-17(24)3-4-19(18)32-20-12-27-15-28-21(20)29-13-23(14-29)5-8-26-9-6-23/h3-4,11-12,15-16,26H,5-6,8-10,13-14H2,1-2H3. The van der Waals surface area contributed by atoms with Gasteiger partial charge in [0.25, 0.3) is 5.91 Å². The summed E-state index contributed by atoms with van der Waals surface area (Å²) in [6.45, 7) is 7.34. The molecule has 2 aromatic rings. The van der Waals surface area contributed by atoms with Gasteiger partial charge in [-0.1, -0.05) is 0 Å². The third-order valence-corrected chi connectivity index (χ3v) is 6.19. The molecule has 1 aromatic heterocycles. The van der Waals surface area contributed by atoms with Crippen molar-refractivity contribution in [3.05, 3.63) is 42.1 Å². The van der Waals surface area contributed by atoms with E-state index in [1.54, 1.807) is 20.0 Å². The molecular weight excluding hydrogens is 411 g/mol. The fourth-order valence-electron chi connectivity index (χ4n) is 4.40. The van der Waals surface area contributed by atoms with Crippen LogP contribution >= 0.6 is 0 Å². The van der Waals surface area contributed by atoms with Crippen LogP contribution in [0.1, 0.15) is 37.0 Å². The van der Waals surface area contributed by atoms with Gasteiger partial charge in [0.15, 0.2) is 11.6 Å². The Hall–Kier alpha value is -3.25. The van der Waals surface area contributed by atoms with E-state index in [2.05, 4.69) is 20.2 Å². The highest BCUT2D eigenvalue weighted by molar-refractivity contribution is 5.97. The number of hydrogen-bond donors (Lipinski definition) is 1. The van der Waals surface area contributed by atoms with Crippen LogP contribution in [0.2, 0.25) is 0 Å². The van der Waals surface area contributed by atoms with E-state index in [1.165, 1.54) is 23.4 Å². The van der Waals surface area contributed by atoms with Crippen LogP contribution in [-0.2, 0) is 0 Å². The Morgan fingerprint density at radius 3 is 2.78 bits per heavy atom. The van der Waals surface area contributed by atoms with E-state index in [1.807, 2.05) is 6.07 Å². The quantitative estimate of drug-likeness (QED) is 0.693. The predicted molar refractivity (Wildman–Crippen MR) is 117 cm³/mol. The highest BCUT2D eigenvalue weighted by atomic mass is 19.1. The zero-order valence-electron chi connectivity index (χ0n) is 18.3. The minimum absolute atomic E-state index is 0.0576. The summed E-state index contributed by atoms with van der Waals surface area (Å²) in [6.07, 6.45) is 5.29. The van der Waals surface area contributed by atoms with Gasteiger partial charge in [0.2, 0.25) is 0 Å². The molecule has 0 atom stereocenters.